The van der Waals surface area contributed by atoms with Crippen molar-refractivity contribution in [3.8, 4) is 0 Å². The SMILES string of the molecule is CC(C)NC(=O)OCC1=C(COC(=O)NC(C)C)C(C)(C)N(C)C1c1ccccc1. The van der Waals surface area contributed by atoms with E-state index in [4.69, 9.17) is 9.47 Å². The molecule has 2 rings (SSSR count). The topological polar surface area (TPSA) is 79.9 Å². The molecule has 0 bridgehead atoms. The monoisotopic (exact) mass is 417 g/mol. The van der Waals surface area contributed by atoms with Crippen molar-refractivity contribution in [2.75, 3.05) is 20.3 Å². The lowest BCUT2D eigenvalue weighted by Crippen LogP contribution is -2.41. The molecule has 0 fully saturated rings. The molecule has 30 heavy (non-hydrogen) atoms. The summed E-state index contributed by atoms with van der Waals surface area (Å²) in [6, 6.07) is 9.96. The van der Waals surface area contributed by atoms with Gasteiger partial charge in [0.05, 0.1) is 6.04 Å². The van der Waals surface area contributed by atoms with E-state index in [0.717, 1.165) is 16.7 Å². The van der Waals surface area contributed by atoms with Gasteiger partial charge in [0.1, 0.15) is 13.2 Å². The second-order valence-corrected chi connectivity index (χ2v) is 8.74. The Morgan fingerprint density at radius 3 is 1.97 bits per heavy atom. The van der Waals surface area contributed by atoms with Gasteiger partial charge in [-0.2, -0.15) is 0 Å². The number of nitrogens with zero attached hydrogens (tertiary/aromatic N) is 1. The van der Waals surface area contributed by atoms with Crippen molar-refractivity contribution in [1.82, 2.24) is 15.5 Å². The molecule has 1 aliphatic heterocycles. The third-order valence-corrected chi connectivity index (χ3v) is 5.36. The molecular formula is C23H35N3O4. The van der Waals surface area contributed by atoms with Gasteiger partial charge in [0.2, 0.25) is 0 Å². The van der Waals surface area contributed by atoms with Crippen LogP contribution in [0.25, 0.3) is 0 Å². The van der Waals surface area contributed by atoms with Crippen LogP contribution in [0.2, 0.25) is 0 Å². The Bertz CT molecular complexity index is 772. The maximum atomic E-state index is 12.1. The second-order valence-electron chi connectivity index (χ2n) is 8.74. The summed E-state index contributed by atoms with van der Waals surface area (Å²) < 4.78 is 11.1. The summed E-state index contributed by atoms with van der Waals surface area (Å²) in [5.41, 5.74) is 2.59. The largest absolute Gasteiger partial charge is 0.445 e. The van der Waals surface area contributed by atoms with E-state index in [9.17, 15) is 9.59 Å². The number of amides is 2. The van der Waals surface area contributed by atoms with Crippen molar-refractivity contribution in [1.29, 1.82) is 0 Å². The van der Waals surface area contributed by atoms with Gasteiger partial charge in [-0.1, -0.05) is 30.3 Å². The molecule has 1 atom stereocenters. The van der Waals surface area contributed by atoms with Crippen LogP contribution in [0.15, 0.2) is 41.5 Å². The van der Waals surface area contributed by atoms with Crippen LogP contribution in [0, 0.1) is 0 Å². The number of rotatable bonds is 7. The zero-order valence-corrected chi connectivity index (χ0v) is 19.1. The maximum Gasteiger partial charge on any atom is 0.407 e. The normalized spacial score (nSPS) is 18.6. The fourth-order valence-corrected chi connectivity index (χ4v) is 3.66. The van der Waals surface area contributed by atoms with Crippen molar-refractivity contribution < 1.29 is 19.1 Å². The summed E-state index contributed by atoms with van der Waals surface area (Å²) in [5.74, 6) is 0. The van der Waals surface area contributed by atoms with Crippen molar-refractivity contribution >= 4 is 12.2 Å². The van der Waals surface area contributed by atoms with Gasteiger partial charge in [-0.25, -0.2) is 9.59 Å². The zero-order valence-electron chi connectivity index (χ0n) is 19.1. The van der Waals surface area contributed by atoms with Gasteiger partial charge < -0.3 is 20.1 Å². The molecule has 0 spiro atoms. The Balaban J connectivity index is 2.35. The lowest BCUT2D eigenvalue weighted by Gasteiger charge is -2.35. The van der Waals surface area contributed by atoms with Crippen LogP contribution in [0.3, 0.4) is 0 Å². The Kier molecular flexibility index (Phi) is 7.89. The van der Waals surface area contributed by atoms with Gasteiger partial charge in [-0.05, 0) is 65.3 Å². The van der Waals surface area contributed by atoms with E-state index in [1.165, 1.54) is 0 Å². The molecular weight excluding hydrogens is 382 g/mol. The average Bonchev–Trinajstić information content (AvgIpc) is 2.83. The number of ether oxygens (including phenoxy) is 2. The van der Waals surface area contributed by atoms with E-state index >= 15 is 0 Å². The van der Waals surface area contributed by atoms with Crippen molar-refractivity contribution in [3.05, 3.63) is 47.0 Å². The van der Waals surface area contributed by atoms with Gasteiger partial charge in [0.25, 0.3) is 0 Å². The Hall–Kier alpha value is -2.54. The van der Waals surface area contributed by atoms with E-state index in [1.807, 2.05) is 52.9 Å². The summed E-state index contributed by atoms with van der Waals surface area (Å²) in [6.07, 6.45) is -0.925. The first-order chi connectivity index (χ1) is 14.0. The predicted molar refractivity (Wildman–Crippen MR) is 117 cm³/mol. The molecule has 1 aromatic carbocycles. The lowest BCUT2D eigenvalue weighted by atomic mass is 9.93. The molecule has 2 N–H and O–H groups in total. The maximum absolute atomic E-state index is 12.1. The smallest absolute Gasteiger partial charge is 0.407 e. The van der Waals surface area contributed by atoms with Crippen LogP contribution in [0.4, 0.5) is 9.59 Å². The van der Waals surface area contributed by atoms with Crippen molar-refractivity contribution in [2.24, 2.45) is 0 Å². The highest BCUT2D eigenvalue weighted by Gasteiger charge is 2.45. The molecule has 7 nitrogen and oxygen atoms in total. The highest BCUT2D eigenvalue weighted by Crippen LogP contribution is 2.45. The van der Waals surface area contributed by atoms with Gasteiger partial charge in [-0.15, -0.1) is 0 Å². The lowest BCUT2D eigenvalue weighted by molar-refractivity contribution is 0.134. The molecule has 1 heterocycles. The summed E-state index contributed by atoms with van der Waals surface area (Å²) >= 11 is 0. The van der Waals surface area contributed by atoms with Crippen LogP contribution in [0.5, 0.6) is 0 Å². The summed E-state index contributed by atoms with van der Waals surface area (Å²) in [6.45, 7) is 11.9. The summed E-state index contributed by atoms with van der Waals surface area (Å²) in [4.78, 5) is 26.4. The predicted octanol–water partition coefficient (Wildman–Crippen LogP) is 4.02. The van der Waals surface area contributed by atoms with Gasteiger partial charge in [-0.3, -0.25) is 4.90 Å². The average molecular weight is 418 g/mol. The molecule has 0 saturated heterocycles. The Labute approximate surface area is 179 Å². The molecule has 0 aromatic heterocycles. The summed E-state index contributed by atoms with van der Waals surface area (Å²) in [7, 11) is 2.03. The first-order valence-electron chi connectivity index (χ1n) is 10.4. The van der Waals surface area contributed by atoms with E-state index in [-0.39, 0.29) is 36.9 Å². The minimum Gasteiger partial charge on any atom is -0.445 e. The zero-order chi connectivity index (χ0) is 22.5. The van der Waals surface area contributed by atoms with E-state index in [0.29, 0.717) is 0 Å². The fraction of sp³-hybridized carbons (Fsp3) is 0.565. The molecule has 2 amide bonds. The fourth-order valence-electron chi connectivity index (χ4n) is 3.66. The Morgan fingerprint density at radius 2 is 1.47 bits per heavy atom. The van der Waals surface area contributed by atoms with Crippen LogP contribution in [0.1, 0.15) is 53.1 Å². The third kappa shape index (κ3) is 5.75. The molecule has 1 unspecified atom stereocenters. The van der Waals surface area contributed by atoms with E-state index < -0.39 is 12.2 Å². The van der Waals surface area contributed by atoms with E-state index in [1.54, 1.807) is 0 Å². The second kappa shape index (κ2) is 9.98. The minimum atomic E-state index is -0.463. The minimum absolute atomic E-state index is 0.00894. The van der Waals surface area contributed by atoms with Crippen LogP contribution >= 0.6 is 0 Å². The first kappa shape index (κ1) is 23.7. The van der Waals surface area contributed by atoms with Crippen molar-refractivity contribution in [3.63, 3.8) is 0 Å². The Morgan fingerprint density at radius 1 is 0.967 bits per heavy atom. The van der Waals surface area contributed by atoms with Crippen LogP contribution in [-0.4, -0.2) is 55.0 Å². The number of likely N-dealkylation sites (N-methyl/N-ethyl adjacent to an activating group) is 1. The summed E-state index contributed by atoms with van der Waals surface area (Å²) in [5, 5.41) is 5.49. The number of carbonyl (C=O) groups is 2. The number of hydrogen-bond acceptors (Lipinski definition) is 5. The number of alkyl carbamates (subject to hydrolysis) is 2. The van der Waals surface area contributed by atoms with Crippen LogP contribution in [-0.2, 0) is 9.47 Å². The van der Waals surface area contributed by atoms with Crippen LogP contribution < -0.4 is 10.6 Å². The third-order valence-electron chi connectivity index (χ3n) is 5.36. The molecule has 0 radical (unpaired) electrons. The number of hydrogen-bond donors (Lipinski definition) is 2. The standard InChI is InChI=1S/C23H35N3O4/c1-15(2)24-21(27)29-13-18-19(14-30-22(28)25-16(3)4)23(5,6)26(7)20(18)17-11-9-8-10-12-17/h8-12,15-16,20H,13-14H2,1-7H3,(H,24,27)(H,25,28). The highest BCUT2D eigenvalue weighted by atomic mass is 16.6. The van der Waals surface area contributed by atoms with Gasteiger partial charge in [0, 0.05) is 17.6 Å². The van der Waals surface area contributed by atoms with Crippen molar-refractivity contribution in [2.45, 2.75) is 65.2 Å². The number of nitrogens with one attached hydrogen (secondary N) is 2. The molecule has 1 aromatic rings. The molecule has 0 aliphatic carbocycles. The quantitative estimate of drug-likeness (QED) is 0.655. The van der Waals surface area contributed by atoms with Gasteiger partial charge >= 0.3 is 12.2 Å². The van der Waals surface area contributed by atoms with Gasteiger partial charge in [0.15, 0.2) is 0 Å². The molecule has 0 saturated carbocycles. The molecule has 166 valence electrons. The number of carbonyl (C=O) groups excluding carboxylic acids is 2. The molecule has 7 heteroatoms. The molecule has 1 aliphatic rings. The van der Waals surface area contributed by atoms with E-state index in [2.05, 4.69) is 41.5 Å². The number of benzene rings is 1. The first-order valence-corrected chi connectivity index (χ1v) is 10.4. The highest BCUT2D eigenvalue weighted by molar-refractivity contribution is 5.68.